The van der Waals surface area contributed by atoms with Crippen LogP contribution in [0.4, 0.5) is 13.2 Å². The topological polar surface area (TPSA) is 81.2 Å². The molecule has 0 saturated carbocycles. The van der Waals surface area contributed by atoms with Crippen molar-refractivity contribution in [2.75, 3.05) is 13.1 Å². The predicted octanol–water partition coefficient (Wildman–Crippen LogP) is 3.26. The summed E-state index contributed by atoms with van der Waals surface area (Å²) in [4.78, 5) is 26.4. The molecule has 0 unspecified atom stereocenters. The quantitative estimate of drug-likeness (QED) is 0.615. The largest absolute Gasteiger partial charge is 0.453 e. The molecule has 0 aromatic carbocycles. The number of aromatic nitrogens is 6. The molecule has 8 nitrogen and oxygen atoms in total. The summed E-state index contributed by atoms with van der Waals surface area (Å²) in [5.74, 6) is -0.205. The Hall–Kier alpha value is -2.98. The molecular formula is C20H24F3N7O. The number of aryl methyl sites for hydroxylation is 1. The Morgan fingerprint density at radius 3 is 2.81 bits per heavy atom. The second kappa shape index (κ2) is 8.27. The van der Waals surface area contributed by atoms with Crippen molar-refractivity contribution in [3.63, 3.8) is 0 Å². The number of imidazole rings is 1. The highest BCUT2D eigenvalue weighted by atomic mass is 19.4. The van der Waals surface area contributed by atoms with Crippen molar-refractivity contribution < 1.29 is 18.0 Å². The molecule has 1 fully saturated rings. The van der Waals surface area contributed by atoms with E-state index in [4.69, 9.17) is 0 Å². The number of halogens is 3. The van der Waals surface area contributed by atoms with Crippen LogP contribution in [0.25, 0.3) is 5.78 Å². The van der Waals surface area contributed by atoms with E-state index < -0.39 is 12.0 Å². The Morgan fingerprint density at radius 2 is 2.06 bits per heavy atom. The number of hydrogen-bond acceptors (Lipinski definition) is 5. The summed E-state index contributed by atoms with van der Waals surface area (Å²) in [5, 5.41) is 3.63. The van der Waals surface area contributed by atoms with Gasteiger partial charge in [0, 0.05) is 56.5 Å². The molecule has 0 aliphatic carbocycles. The van der Waals surface area contributed by atoms with Gasteiger partial charge in [-0.2, -0.15) is 18.2 Å². The van der Waals surface area contributed by atoms with Gasteiger partial charge in [-0.1, -0.05) is 13.8 Å². The van der Waals surface area contributed by atoms with Crippen molar-refractivity contribution in [2.24, 2.45) is 0 Å². The fourth-order valence-electron chi connectivity index (χ4n) is 4.07. The number of likely N-dealkylation sites (tertiary alicyclic amines) is 1. The van der Waals surface area contributed by atoms with Gasteiger partial charge < -0.3 is 9.47 Å². The maximum absolute atomic E-state index is 13.0. The molecule has 1 atom stereocenters. The highest BCUT2D eigenvalue weighted by molar-refractivity contribution is 5.76. The minimum absolute atomic E-state index is 0.0213. The average molecular weight is 435 g/mol. The fraction of sp³-hybridized carbons (Fsp3) is 0.550. The molecule has 1 aliphatic heterocycles. The first-order valence-electron chi connectivity index (χ1n) is 10.3. The minimum atomic E-state index is -4.64. The molecule has 0 bridgehead atoms. The van der Waals surface area contributed by atoms with E-state index in [0.717, 1.165) is 23.2 Å². The van der Waals surface area contributed by atoms with Crippen LogP contribution in [0.15, 0.2) is 24.7 Å². The molecule has 4 heterocycles. The zero-order chi connectivity index (χ0) is 22.2. The molecule has 31 heavy (non-hydrogen) atoms. The first-order chi connectivity index (χ1) is 14.7. The predicted molar refractivity (Wildman–Crippen MR) is 105 cm³/mol. The van der Waals surface area contributed by atoms with Crippen LogP contribution in [0, 0.1) is 0 Å². The molecule has 0 N–H and O–H groups in total. The molecule has 11 heteroatoms. The standard InChI is InChI=1S/C20H24F3N7O/c1-13(2)17-24-8-11-28(17)10-6-16(31)29-9-3-4-14(12-29)15-5-7-25-19-26-18(20(21,22)23)27-30(15)19/h5,7-8,11,13-14H,3-4,6,9-10,12H2,1-2H3/t14-/m1/s1. The minimum Gasteiger partial charge on any atom is -0.342 e. The van der Waals surface area contributed by atoms with Crippen molar-refractivity contribution in [1.82, 2.24) is 34.0 Å². The lowest BCUT2D eigenvalue weighted by Crippen LogP contribution is -2.40. The number of nitrogens with zero attached hydrogens (tertiary/aromatic N) is 7. The van der Waals surface area contributed by atoms with Gasteiger partial charge in [-0.15, -0.1) is 5.10 Å². The van der Waals surface area contributed by atoms with Gasteiger partial charge in [-0.25, -0.2) is 14.5 Å². The molecule has 4 rings (SSSR count). The Balaban J connectivity index is 1.48. The van der Waals surface area contributed by atoms with Gasteiger partial charge in [0.25, 0.3) is 11.6 Å². The molecule has 0 radical (unpaired) electrons. The Labute approximate surface area is 177 Å². The third kappa shape index (κ3) is 4.40. The van der Waals surface area contributed by atoms with Gasteiger partial charge in [-0.3, -0.25) is 4.79 Å². The van der Waals surface area contributed by atoms with Crippen LogP contribution in [0.2, 0.25) is 0 Å². The Bertz CT molecular complexity index is 1070. The molecule has 3 aromatic rings. The van der Waals surface area contributed by atoms with Gasteiger partial charge in [0.05, 0.1) is 5.69 Å². The number of rotatable bonds is 5. The summed E-state index contributed by atoms with van der Waals surface area (Å²) >= 11 is 0. The zero-order valence-corrected chi connectivity index (χ0v) is 17.4. The highest BCUT2D eigenvalue weighted by Gasteiger charge is 2.37. The Kier molecular flexibility index (Phi) is 5.67. The number of carbonyl (C=O) groups excluding carboxylic acids is 1. The number of carbonyl (C=O) groups is 1. The van der Waals surface area contributed by atoms with E-state index in [1.165, 1.54) is 6.20 Å². The number of alkyl halides is 3. The van der Waals surface area contributed by atoms with Crippen molar-refractivity contribution in [2.45, 2.75) is 57.7 Å². The summed E-state index contributed by atoms with van der Waals surface area (Å²) in [7, 11) is 0. The van der Waals surface area contributed by atoms with Crippen molar-refractivity contribution >= 4 is 11.7 Å². The van der Waals surface area contributed by atoms with Crippen LogP contribution in [-0.4, -0.2) is 53.0 Å². The normalized spacial score (nSPS) is 17.6. The van der Waals surface area contributed by atoms with Gasteiger partial charge >= 0.3 is 6.18 Å². The van der Waals surface area contributed by atoms with Gasteiger partial charge in [0.2, 0.25) is 5.91 Å². The van der Waals surface area contributed by atoms with Gasteiger partial charge in [-0.05, 0) is 18.9 Å². The van der Waals surface area contributed by atoms with E-state index in [-0.39, 0.29) is 23.5 Å². The number of amides is 1. The summed E-state index contributed by atoms with van der Waals surface area (Å²) in [6.07, 6.45) is 2.27. The van der Waals surface area contributed by atoms with Crippen LogP contribution >= 0.6 is 0 Å². The van der Waals surface area contributed by atoms with Crippen molar-refractivity contribution in [3.8, 4) is 0 Å². The molecular weight excluding hydrogens is 411 g/mol. The number of piperidine rings is 1. The number of hydrogen-bond donors (Lipinski definition) is 0. The monoisotopic (exact) mass is 435 g/mol. The first kappa shape index (κ1) is 21.3. The molecule has 1 aliphatic rings. The molecule has 1 amide bonds. The Morgan fingerprint density at radius 1 is 1.26 bits per heavy atom. The van der Waals surface area contributed by atoms with E-state index in [0.29, 0.717) is 31.7 Å². The summed E-state index contributed by atoms with van der Waals surface area (Å²) in [6.45, 7) is 5.72. The van der Waals surface area contributed by atoms with Gasteiger partial charge in [0.1, 0.15) is 5.82 Å². The van der Waals surface area contributed by atoms with E-state index in [1.807, 2.05) is 10.8 Å². The number of fused-ring (bicyclic) bond motifs is 1. The fourth-order valence-corrected chi connectivity index (χ4v) is 4.07. The van der Waals surface area contributed by atoms with Crippen LogP contribution < -0.4 is 0 Å². The third-order valence-electron chi connectivity index (χ3n) is 5.55. The zero-order valence-electron chi connectivity index (χ0n) is 17.4. The third-order valence-corrected chi connectivity index (χ3v) is 5.55. The van der Waals surface area contributed by atoms with E-state index in [9.17, 15) is 18.0 Å². The molecule has 0 spiro atoms. The van der Waals surface area contributed by atoms with Crippen LogP contribution in [0.3, 0.4) is 0 Å². The van der Waals surface area contributed by atoms with Crippen LogP contribution in [0.5, 0.6) is 0 Å². The van der Waals surface area contributed by atoms with Crippen LogP contribution in [-0.2, 0) is 17.5 Å². The van der Waals surface area contributed by atoms with E-state index in [2.05, 4.69) is 33.9 Å². The summed E-state index contributed by atoms with van der Waals surface area (Å²) in [5.41, 5.74) is 0.585. The van der Waals surface area contributed by atoms with Crippen LogP contribution in [0.1, 0.15) is 62.3 Å². The van der Waals surface area contributed by atoms with E-state index >= 15 is 0 Å². The van der Waals surface area contributed by atoms with Crippen molar-refractivity contribution in [1.29, 1.82) is 0 Å². The summed E-state index contributed by atoms with van der Waals surface area (Å²) < 4.78 is 42.2. The lowest BCUT2D eigenvalue weighted by molar-refractivity contribution is -0.144. The smallest absolute Gasteiger partial charge is 0.342 e. The molecule has 3 aromatic heterocycles. The van der Waals surface area contributed by atoms with Crippen molar-refractivity contribution in [3.05, 3.63) is 42.0 Å². The summed E-state index contributed by atoms with van der Waals surface area (Å²) in [6, 6.07) is 1.65. The first-order valence-corrected chi connectivity index (χ1v) is 10.3. The maximum Gasteiger partial charge on any atom is 0.453 e. The SMILES string of the molecule is CC(C)c1nccn1CCC(=O)N1CCC[C@@H](c2ccnc3nc(C(F)(F)F)nn23)C1. The molecule has 166 valence electrons. The average Bonchev–Trinajstić information content (AvgIpc) is 3.38. The van der Waals surface area contributed by atoms with Gasteiger partial charge in [0.15, 0.2) is 0 Å². The highest BCUT2D eigenvalue weighted by Crippen LogP contribution is 2.30. The molecule has 1 saturated heterocycles. The lowest BCUT2D eigenvalue weighted by Gasteiger charge is -2.33. The second-order valence-corrected chi connectivity index (χ2v) is 8.08. The van der Waals surface area contributed by atoms with E-state index in [1.54, 1.807) is 17.2 Å². The second-order valence-electron chi connectivity index (χ2n) is 8.08. The maximum atomic E-state index is 13.0. The lowest BCUT2D eigenvalue weighted by atomic mass is 9.94.